The van der Waals surface area contributed by atoms with Crippen molar-refractivity contribution >= 4 is 17.5 Å². The van der Waals surface area contributed by atoms with Gasteiger partial charge in [-0.3, -0.25) is 9.59 Å². The van der Waals surface area contributed by atoms with Crippen molar-refractivity contribution in [3.05, 3.63) is 29.8 Å². The quantitative estimate of drug-likeness (QED) is 0.595. The number of benzene rings is 1. The van der Waals surface area contributed by atoms with E-state index in [1.165, 1.54) is 0 Å². The highest BCUT2D eigenvalue weighted by atomic mass is 19.1. The van der Waals surface area contributed by atoms with E-state index in [9.17, 15) is 18.4 Å². The third-order valence-electron chi connectivity index (χ3n) is 3.21. The molecule has 1 aromatic carbocycles. The van der Waals surface area contributed by atoms with Gasteiger partial charge in [0.05, 0.1) is 5.69 Å². The lowest BCUT2D eigenvalue weighted by molar-refractivity contribution is -0.136. The third-order valence-corrected chi connectivity index (χ3v) is 3.21. The molecule has 0 radical (unpaired) electrons. The first-order chi connectivity index (χ1) is 10.5. The zero-order valence-electron chi connectivity index (χ0n) is 12.8. The van der Waals surface area contributed by atoms with Gasteiger partial charge in [-0.05, 0) is 38.2 Å². The topological polar surface area (TPSA) is 61.4 Å². The van der Waals surface area contributed by atoms with Gasteiger partial charge < -0.3 is 15.5 Å². The maximum atomic E-state index is 13.3. The molecular weight excluding hydrogens is 292 g/mol. The summed E-state index contributed by atoms with van der Waals surface area (Å²) in [6.45, 7) is 7.08. The van der Waals surface area contributed by atoms with Crippen LogP contribution in [0, 0.1) is 11.6 Å². The second-order valence-corrected chi connectivity index (χ2v) is 4.71. The van der Waals surface area contributed by atoms with E-state index in [1.54, 1.807) is 0 Å². The molecule has 22 heavy (non-hydrogen) atoms. The Morgan fingerprint density at radius 1 is 1.14 bits per heavy atom. The lowest BCUT2D eigenvalue weighted by Crippen LogP contribution is -2.37. The number of carbonyl (C=O) groups is 2. The molecule has 0 bridgehead atoms. The molecule has 0 aromatic heterocycles. The average Bonchev–Trinajstić information content (AvgIpc) is 2.50. The Kier molecular flexibility index (Phi) is 7.45. The first kappa shape index (κ1) is 18.0. The first-order valence-electron chi connectivity index (χ1n) is 7.24. The number of hydrogen-bond acceptors (Lipinski definition) is 3. The Balaban J connectivity index is 2.39. The Labute approximate surface area is 128 Å². The molecule has 122 valence electrons. The van der Waals surface area contributed by atoms with E-state index in [0.717, 1.165) is 37.8 Å². The normalized spacial score (nSPS) is 10.6. The molecule has 1 rings (SSSR count). The van der Waals surface area contributed by atoms with Gasteiger partial charge in [0, 0.05) is 12.6 Å². The molecule has 0 unspecified atom stereocenters. The van der Waals surface area contributed by atoms with Gasteiger partial charge >= 0.3 is 11.8 Å². The number of anilines is 1. The van der Waals surface area contributed by atoms with Crippen LogP contribution in [0.15, 0.2) is 18.2 Å². The van der Waals surface area contributed by atoms with Crippen LogP contribution in [0.25, 0.3) is 0 Å². The van der Waals surface area contributed by atoms with Crippen LogP contribution in [0.2, 0.25) is 0 Å². The van der Waals surface area contributed by atoms with Crippen LogP contribution < -0.4 is 10.6 Å². The summed E-state index contributed by atoms with van der Waals surface area (Å²) in [5, 5.41) is 4.49. The summed E-state index contributed by atoms with van der Waals surface area (Å²) >= 11 is 0. The fourth-order valence-corrected chi connectivity index (χ4v) is 1.90. The van der Waals surface area contributed by atoms with Crippen LogP contribution in [-0.2, 0) is 9.59 Å². The summed E-state index contributed by atoms with van der Waals surface area (Å²) in [5.41, 5.74) is -0.358. The Bertz CT molecular complexity index is 520. The van der Waals surface area contributed by atoms with Gasteiger partial charge in [-0.2, -0.15) is 0 Å². The van der Waals surface area contributed by atoms with E-state index in [-0.39, 0.29) is 5.69 Å². The zero-order valence-corrected chi connectivity index (χ0v) is 12.8. The average molecular weight is 313 g/mol. The molecule has 0 heterocycles. The maximum Gasteiger partial charge on any atom is 0.313 e. The van der Waals surface area contributed by atoms with Gasteiger partial charge in [-0.25, -0.2) is 8.78 Å². The summed E-state index contributed by atoms with van der Waals surface area (Å²) in [6, 6.07) is 2.63. The Hall–Kier alpha value is -2.02. The van der Waals surface area contributed by atoms with Crippen LogP contribution in [0.4, 0.5) is 14.5 Å². The minimum Gasteiger partial charge on any atom is -0.348 e. The molecule has 0 aliphatic rings. The van der Waals surface area contributed by atoms with E-state index in [1.807, 2.05) is 19.2 Å². The van der Waals surface area contributed by atoms with Crippen molar-refractivity contribution < 1.29 is 18.4 Å². The Morgan fingerprint density at radius 2 is 1.82 bits per heavy atom. The SMILES string of the molecule is CCN(CC)CCCNC(=O)C(=O)Nc1cc(F)ccc1F. The number of nitrogens with one attached hydrogen (secondary N) is 2. The standard InChI is InChI=1S/C15H21F2N3O2/c1-3-20(4-2)9-5-8-18-14(21)15(22)19-13-10-11(16)6-7-12(13)17/h6-7,10H,3-5,8-9H2,1-2H3,(H,18,21)(H,19,22). The monoisotopic (exact) mass is 313 g/mol. The second-order valence-electron chi connectivity index (χ2n) is 4.71. The molecule has 0 saturated heterocycles. The summed E-state index contributed by atoms with van der Waals surface area (Å²) < 4.78 is 26.3. The number of nitrogens with zero attached hydrogens (tertiary/aromatic N) is 1. The molecule has 0 saturated carbocycles. The summed E-state index contributed by atoms with van der Waals surface area (Å²) in [5.74, 6) is -3.39. The van der Waals surface area contributed by atoms with Crippen molar-refractivity contribution in [1.29, 1.82) is 0 Å². The van der Waals surface area contributed by atoms with E-state index in [2.05, 4.69) is 10.2 Å². The van der Waals surface area contributed by atoms with Crippen LogP contribution in [-0.4, -0.2) is 42.9 Å². The molecule has 1 aromatic rings. The highest BCUT2D eigenvalue weighted by Gasteiger charge is 2.15. The van der Waals surface area contributed by atoms with Crippen molar-refractivity contribution in [3.8, 4) is 0 Å². The van der Waals surface area contributed by atoms with Gasteiger partial charge in [-0.1, -0.05) is 13.8 Å². The van der Waals surface area contributed by atoms with Crippen LogP contribution in [0.3, 0.4) is 0 Å². The molecule has 0 fully saturated rings. The van der Waals surface area contributed by atoms with Crippen molar-refractivity contribution in [1.82, 2.24) is 10.2 Å². The number of rotatable bonds is 7. The van der Waals surface area contributed by atoms with Crippen molar-refractivity contribution in [3.63, 3.8) is 0 Å². The van der Waals surface area contributed by atoms with Gasteiger partial charge in [0.1, 0.15) is 11.6 Å². The molecule has 0 atom stereocenters. The van der Waals surface area contributed by atoms with E-state index in [4.69, 9.17) is 0 Å². The van der Waals surface area contributed by atoms with Crippen LogP contribution in [0.5, 0.6) is 0 Å². The second kappa shape index (κ2) is 9.09. The van der Waals surface area contributed by atoms with E-state index in [0.29, 0.717) is 13.0 Å². The third kappa shape index (κ3) is 5.77. The summed E-state index contributed by atoms with van der Waals surface area (Å²) in [6.07, 6.45) is 0.703. The van der Waals surface area contributed by atoms with Crippen molar-refractivity contribution in [2.24, 2.45) is 0 Å². The van der Waals surface area contributed by atoms with Gasteiger partial charge in [0.15, 0.2) is 0 Å². The van der Waals surface area contributed by atoms with Crippen LogP contribution >= 0.6 is 0 Å². The number of carbonyl (C=O) groups excluding carboxylic acids is 2. The van der Waals surface area contributed by atoms with E-state index >= 15 is 0 Å². The highest BCUT2D eigenvalue weighted by molar-refractivity contribution is 6.39. The maximum absolute atomic E-state index is 13.3. The lowest BCUT2D eigenvalue weighted by Gasteiger charge is -2.17. The predicted molar refractivity (Wildman–Crippen MR) is 80.4 cm³/mol. The van der Waals surface area contributed by atoms with Gasteiger partial charge in [0.25, 0.3) is 0 Å². The van der Waals surface area contributed by atoms with E-state index < -0.39 is 23.4 Å². The smallest absolute Gasteiger partial charge is 0.313 e. The first-order valence-corrected chi connectivity index (χ1v) is 7.24. The highest BCUT2D eigenvalue weighted by Crippen LogP contribution is 2.14. The fourth-order valence-electron chi connectivity index (χ4n) is 1.90. The minimum atomic E-state index is -1.02. The lowest BCUT2D eigenvalue weighted by atomic mass is 10.3. The van der Waals surface area contributed by atoms with Gasteiger partial charge in [0.2, 0.25) is 0 Å². The summed E-state index contributed by atoms with van der Waals surface area (Å²) in [4.78, 5) is 25.4. The predicted octanol–water partition coefficient (Wildman–Crippen LogP) is 1.75. The molecular formula is C15H21F2N3O2. The summed E-state index contributed by atoms with van der Waals surface area (Å²) in [7, 11) is 0. The Morgan fingerprint density at radius 3 is 2.45 bits per heavy atom. The molecule has 2 amide bonds. The molecule has 0 spiro atoms. The van der Waals surface area contributed by atoms with Crippen molar-refractivity contribution in [2.75, 3.05) is 31.5 Å². The van der Waals surface area contributed by atoms with Crippen LogP contribution in [0.1, 0.15) is 20.3 Å². The van der Waals surface area contributed by atoms with Gasteiger partial charge in [-0.15, -0.1) is 0 Å². The zero-order chi connectivity index (χ0) is 16.5. The molecule has 0 aliphatic heterocycles. The minimum absolute atomic E-state index is 0.342. The molecule has 0 aliphatic carbocycles. The number of hydrogen-bond donors (Lipinski definition) is 2. The molecule has 2 N–H and O–H groups in total. The fraction of sp³-hybridized carbons (Fsp3) is 0.467. The molecule has 5 nitrogen and oxygen atoms in total. The molecule has 7 heteroatoms. The number of halogens is 2. The van der Waals surface area contributed by atoms with Crippen molar-refractivity contribution in [2.45, 2.75) is 20.3 Å². The number of amides is 2. The largest absolute Gasteiger partial charge is 0.348 e.